The molecule has 0 aromatic carbocycles. The SMILES string of the molecule is CON1C(C)(C)CC(OC(=O)C(CC(=O)OC2CC(C)(C)N(O)C(C)(C)C2)C(=O)OC2CC(C)(C)N(O)C(C)(C)C2)CC1(C)C. The summed E-state index contributed by atoms with van der Waals surface area (Å²) in [4.78, 5) is 46.6. The minimum atomic E-state index is -1.53. The molecule has 12 heteroatoms. The molecule has 0 spiro atoms. The molecule has 0 amide bonds. The number of esters is 3. The maximum Gasteiger partial charge on any atom is 0.321 e. The summed E-state index contributed by atoms with van der Waals surface area (Å²) < 4.78 is 17.7. The van der Waals surface area contributed by atoms with E-state index in [1.807, 2.05) is 88.1 Å². The van der Waals surface area contributed by atoms with E-state index >= 15 is 0 Å². The number of carbonyl (C=O) groups is 3. The fraction of sp³-hybridized carbons (Fsp3) is 0.909. The van der Waals surface area contributed by atoms with Crippen molar-refractivity contribution in [2.24, 2.45) is 5.92 Å². The monoisotopic (exact) mass is 641 g/mol. The summed E-state index contributed by atoms with van der Waals surface area (Å²) in [7, 11) is 1.62. The molecular weight excluding hydrogens is 582 g/mol. The Kier molecular flexibility index (Phi) is 10.6. The lowest BCUT2D eigenvalue weighted by molar-refractivity contribution is -0.278. The van der Waals surface area contributed by atoms with Gasteiger partial charge in [-0.25, -0.2) is 0 Å². The highest BCUT2D eigenvalue weighted by Gasteiger charge is 2.51. The molecule has 0 aromatic heterocycles. The second-order valence-corrected chi connectivity index (χ2v) is 17.2. The Balaban J connectivity index is 1.82. The van der Waals surface area contributed by atoms with Crippen molar-refractivity contribution in [1.29, 1.82) is 0 Å². The number of hydrogen-bond acceptors (Lipinski definition) is 12. The smallest absolute Gasteiger partial charge is 0.321 e. The van der Waals surface area contributed by atoms with Gasteiger partial charge in [0.15, 0.2) is 5.92 Å². The van der Waals surface area contributed by atoms with Gasteiger partial charge in [-0.15, -0.1) is 0 Å². The molecule has 1 unspecified atom stereocenters. The number of carbonyl (C=O) groups excluding carboxylic acids is 3. The largest absolute Gasteiger partial charge is 0.462 e. The van der Waals surface area contributed by atoms with E-state index in [4.69, 9.17) is 19.0 Å². The second-order valence-electron chi connectivity index (χ2n) is 17.2. The minimum Gasteiger partial charge on any atom is -0.462 e. The van der Waals surface area contributed by atoms with Gasteiger partial charge in [-0.2, -0.15) is 15.2 Å². The predicted octanol–water partition coefficient (Wildman–Crippen LogP) is 5.03. The molecule has 0 aliphatic carbocycles. The van der Waals surface area contributed by atoms with Gasteiger partial charge in [-0.05, 0) is 83.1 Å². The molecule has 0 saturated carbocycles. The van der Waals surface area contributed by atoms with E-state index in [9.17, 15) is 24.8 Å². The predicted molar refractivity (Wildman–Crippen MR) is 166 cm³/mol. The van der Waals surface area contributed by atoms with E-state index in [-0.39, 0.29) is 0 Å². The average molecular weight is 642 g/mol. The molecule has 2 N–H and O–H groups in total. The summed E-state index contributed by atoms with van der Waals surface area (Å²) in [5.74, 6) is -3.92. The third kappa shape index (κ3) is 8.37. The third-order valence-corrected chi connectivity index (χ3v) is 9.74. The van der Waals surface area contributed by atoms with E-state index < -0.39 is 81.8 Å². The van der Waals surface area contributed by atoms with Gasteiger partial charge in [-0.1, -0.05) is 0 Å². The Morgan fingerprint density at radius 3 is 1.18 bits per heavy atom. The first kappa shape index (κ1) is 37.6. The zero-order valence-electron chi connectivity index (χ0n) is 29.9. The van der Waals surface area contributed by atoms with Gasteiger partial charge in [-0.3, -0.25) is 14.4 Å². The van der Waals surface area contributed by atoms with Gasteiger partial charge in [0.1, 0.15) is 18.3 Å². The van der Waals surface area contributed by atoms with Crippen molar-refractivity contribution in [2.45, 2.75) is 180 Å². The molecule has 260 valence electrons. The van der Waals surface area contributed by atoms with Crippen LogP contribution in [0.15, 0.2) is 0 Å². The van der Waals surface area contributed by atoms with E-state index in [1.165, 1.54) is 10.1 Å². The van der Waals surface area contributed by atoms with Crippen LogP contribution in [0.2, 0.25) is 0 Å². The first-order valence-corrected chi connectivity index (χ1v) is 16.2. The highest BCUT2D eigenvalue weighted by Crippen LogP contribution is 2.42. The van der Waals surface area contributed by atoms with Crippen molar-refractivity contribution < 1.29 is 43.8 Å². The maximum atomic E-state index is 13.8. The third-order valence-electron chi connectivity index (χ3n) is 9.74. The van der Waals surface area contributed by atoms with Gasteiger partial charge in [0.2, 0.25) is 0 Å². The lowest BCUT2D eigenvalue weighted by Gasteiger charge is -2.52. The van der Waals surface area contributed by atoms with Crippen molar-refractivity contribution in [3.8, 4) is 0 Å². The minimum absolute atomic E-state index is 0.340. The van der Waals surface area contributed by atoms with Crippen LogP contribution in [-0.2, 0) is 33.4 Å². The number of nitrogens with zero attached hydrogens (tertiary/aromatic N) is 3. The lowest BCUT2D eigenvalue weighted by Crippen LogP contribution is -2.62. The molecule has 3 saturated heterocycles. The molecule has 3 aliphatic heterocycles. The fourth-order valence-electron chi connectivity index (χ4n) is 8.43. The summed E-state index contributed by atoms with van der Waals surface area (Å²) >= 11 is 0. The summed E-state index contributed by atoms with van der Waals surface area (Å²) in [6, 6.07) is 0. The average Bonchev–Trinajstić information content (AvgIpc) is 2.82. The zero-order chi connectivity index (χ0) is 34.6. The summed E-state index contributed by atoms with van der Waals surface area (Å²) in [5, 5.41) is 25.8. The van der Waals surface area contributed by atoms with E-state index in [1.54, 1.807) is 7.11 Å². The topological polar surface area (TPSA) is 138 Å². The van der Waals surface area contributed by atoms with Gasteiger partial charge >= 0.3 is 17.9 Å². The molecule has 0 bridgehead atoms. The van der Waals surface area contributed by atoms with Gasteiger partial charge < -0.3 is 29.5 Å². The highest BCUT2D eigenvalue weighted by atomic mass is 16.7. The molecule has 1 atom stereocenters. The summed E-state index contributed by atoms with van der Waals surface area (Å²) in [5.41, 5.74) is -3.60. The Hall–Kier alpha value is -1.83. The molecule has 45 heavy (non-hydrogen) atoms. The van der Waals surface area contributed by atoms with Crippen LogP contribution >= 0.6 is 0 Å². The van der Waals surface area contributed by atoms with Crippen molar-refractivity contribution in [2.75, 3.05) is 7.11 Å². The molecule has 0 aromatic rings. The molecule has 3 fully saturated rings. The van der Waals surface area contributed by atoms with Crippen molar-refractivity contribution in [3.63, 3.8) is 0 Å². The van der Waals surface area contributed by atoms with Crippen LogP contribution in [0.4, 0.5) is 0 Å². The van der Waals surface area contributed by atoms with Crippen LogP contribution in [0, 0.1) is 5.92 Å². The molecule has 3 heterocycles. The zero-order valence-corrected chi connectivity index (χ0v) is 29.9. The number of piperidine rings is 3. The van der Waals surface area contributed by atoms with Gasteiger partial charge in [0.25, 0.3) is 0 Å². The summed E-state index contributed by atoms with van der Waals surface area (Å²) in [6.07, 6.45) is 0.199. The molecule has 3 rings (SSSR count). The maximum absolute atomic E-state index is 13.8. The van der Waals surface area contributed by atoms with Gasteiger partial charge in [0.05, 0.1) is 13.5 Å². The van der Waals surface area contributed by atoms with Crippen LogP contribution in [0.25, 0.3) is 0 Å². The van der Waals surface area contributed by atoms with E-state index in [0.717, 1.165) is 0 Å². The van der Waals surface area contributed by atoms with Crippen molar-refractivity contribution in [1.82, 2.24) is 15.2 Å². The van der Waals surface area contributed by atoms with Crippen LogP contribution in [0.1, 0.15) is 128 Å². The molecule has 3 aliphatic rings. The Labute approximate surface area is 269 Å². The quantitative estimate of drug-likeness (QED) is 0.209. The first-order chi connectivity index (χ1) is 20.2. The van der Waals surface area contributed by atoms with E-state index in [0.29, 0.717) is 38.5 Å². The second kappa shape index (κ2) is 12.6. The van der Waals surface area contributed by atoms with Crippen LogP contribution in [-0.4, -0.2) is 102 Å². The lowest BCUT2D eigenvalue weighted by atomic mass is 9.80. The molecular formula is C33H59N3O9. The molecule has 0 radical (unpaired) electrons. The Bertz CT molecular complexity index is 1060. The van der Waals surface area contributed by atoms with Crippen molar-refractivity contribution in [3.05, 3.63) is 0 Å². The fourth-order valence-corrected chi connectivity index (χ4v) is 8.43. The number of hydrogen-bond donors (Lipinski definition) is 2. The van der Waals surface area contributed by atoms with Crippen LogP contribution in [0.5, 0.6) is 0 Å². The number of hydroxylamine groups is 6. The number of rotatable bonds is 8. The normalized spacial score (nSPS) is 27.8. The van der Waals surface area contributed by atoms with Crippen LogP contribution < -0.4 is 0 Å². The first-order valence-electron chi connectivity index (χ1n) is 16.2. The van der Waals surface area contributed by atoms with E-state index in [2.05, 4.69) is 0 Å². The van der Waals surface area contributed by atoms with Crippen molar-refractivity contribution >= 4 is 17.9 Å². The Morgan fingerprint density at radius 2 is 0.867 bits per heavy atom. The van der Waals surface area contributed by atoms with Gasteiger partial charge in [0, 0.05) is 71.8 Å². The number of ether oxygens (including phenoxy) is 3. The highest BCUT2D eigenvalue weighted by molar-refractivity contribution is 5.98. The van der Waals surface area contributed by atoms with Crippen LogP contribution in [0.3, 0.4) is 0 Å². The molecule has 12 nitrogen and oxygen atoms in total. The Morgan fingerprint density at radius 1 is 0.578 bits per heavy atom. The summed E-state index contributed by atoms with van der Waals surface area (Å²) in [6.45, 7) is 22.9. The standard InChI is InChI=1S/C33H59N3O9/c1-28(2)15-21(16-29(3,4)34(28)40)43-25(37)14-24(26(38)44-22-17-30(5,6)35(41)31(7,8)18-22)27(39)45-23-19-32(9,10)36(42-13)33(11,12)20-23/h21-24,40-41H,14-20H2,1-13H3.